The number of carbonyl (C=O) groups excluding carboxylic acids is 1. The normalized spacial score (nSPS) is 11.2. The van der Waals surface area contributed by atoms with Gasteiger partial charge in [0.1, 0.15) is 17.3 Å². The molecule has 2 heterocycles. The van der Waals surface area contributed by atoms with Gasteiger partial charge in [0.2, 0.25) is 0 Å². The molecule has 0 fully saturated rings. The van der Waals surface area contributed by atoms with Crippen molar-refractivity contribution >= 4 is 17.7 Å². The van der Waals surface area contributed by atoms with Crippen LogP contribution in [0.25, 0.3) is 23.0 Å². The van der Waals surface area contributed by atoms with E-state index in [0.29, 0.717) is 11.3 Å². The van der Waals surface area contributed by atoms with Crippen molar-refractivity contribution < 1.29 is 4.79 Å². The smallest absolute Gasteiger partial charge is 0.266 e. The number of carbonyl (C=O) groups is 1. The summed E-state index contributed by atoms with van der Waals surface area (Å²) < 4.78 is 1.74. The van der Waals surface area contributed by atoms with Crippen LogP contribution in [0, 0.1) is 32.1 Å². The fourth-order valence-corrected chi connectivity index (χ4v) is 3.80. The summed E-state index contributed by atoms with van der Waals surface area (Å²) in [5.74, 6) is -0.458. The highest BCUT2D eigenvalue weighted by atomic mass is 16.1. The molecule has 2 aromatic carbocycles. The molecule has 0 unspecified atom stereocenters. The Hall–Kier alpha value is -4.50. The molecule has 1 amide bonds. The van der Waals surface area contributed by atoms with Gasteiger partial charge in [-0.05, 0) is 62.2 Å². The number of amides is 1. The van der Waals surface area contributed by atoms with E-state index < -0.39 is 5.91 Å². The van der Waals surface area contributed by atoms with Gasteiger partial charge in [-0.25, -0.2) is 4.68 Å². The Morgan fingerprint density at radius 1 is 1.03 bits per heavy atom. The van der Waals surface area contributed by atoms with Crippen LogP contribution < -0.4 is 5.32 Å². The number of para-hydroxylation sites is 1. The van der Waals surface area contributed by atoms with Crippen LogP contribution in [-0.2, 0) is 4.79 Å². The van der Waals surface area contributed by atoms with Gasteiger partial charge in [0.15, 0.2) is 0 Å². The Kier molecular flexibility index (Phi) is 6.14. The van der Waals surface area contributed by atoms with Crippen molar-refractivity contribution in [2.45, 2.75) is 20.8 Å². The monoisotopic (exact) mass is 433 g/mol. The van der Waals surface area contributed by atoms with Crippen LogP contribution in [0.15, 0.2) is 78.8 Å². The van der Waals surface area contributed by atoms with Crippen LogP contribution in [0.4, 0.5) is 5.69 Å². The van der Waals surface area contributed by atoms with E-state index in [1.807, 2.05) is 87.6 Å². The maximum atomic E-state index is 13.0. The molecule has 4 aromatic rings. The number of aryl methyl sites for hydroxylation is 3. The van der Waals surface area contributed by atoms with Crippen molar-refractivity contribution in [3.05, 3.63) is 101 Å². The third-order valence-corrected chi connectivity index (χ3v) is 5.30. The van der Waals surface area contributed by atoms with Crippen LogP contribution >= 0.6 is 0 Å². The average molecular weight is 434 g/mol. The topological polar surface area (TPSA) is 83.6 Å². The minimum Gasteiger partial charge on any atom is -0.321 e. The summed E-state index contributed by atoms with van der Waals surface area (Å²) in [6.45, 7) is 5.89. The van der Waals surface area contributed by atoms with Crippen molar-refractivity contribution in [3.63, 3.8) is 0 Å². The zero-order valence-corrected chi connectivity index (χ0v) is 18.7. The second kappa shape index (κ2) is 9.33. The molecule has 6 heteroatoms. The fourth-order valence-electron chi connectivity index (χ4n) is 3.80. The number of anilines is 1. The van der Waals surface area contributed by atoms with E-state index in [1.165, 1.54) is 0 Å². The first kappa shape index (κ1) is 21.7. The van der Waals surface area contributed by atoms with Crippen LogP contribution in [-0.4, -0.2) is 20.7 Å². The number of rotatable bonds is 5. The van der Waals surface area contributed by atoms with E-state index >= 15 is 0 Å². The molecule has 0 atom stereocenters. The van der Waals surface area contributed by atoms with Gasteiger partial charge in [0.05, 0.1) is 5.69 Å². The lowest BCUT2D eigenvalue weighted by Crippen LogP contribution is -2.15. The number of nitriles is 1. The lowest BCUT2D eigenvalue weighted by molar-refractivity contribution is -0.112. The zero-order chi connectivity index (χ0) is 23.4. The SMILES string of the molecule is Cc1cc(C)c(NC(=O)/C(C#N)=C/c2cn(-c3ccccc3)nc2-c2ccncc2)c(C)c1. The van der Waals surface area contributed by atoms with Gasteiger partial charge in [0.25, 0.3) is 5.91 Å². The van der Waals surface area contributed by atoms with Gasteiger partial charge < -0.3 is 5.32 Å². The molecule has 0 aliphatic carbocycles. The number of hydrogen-bond acceptors (Lipinski definition) is 4. The molecule has 1 N–H and O–H groups in total. The van der Waals surface area contributed by atoms with Crippen molar-refractivity contribution in [1.82, 2.24) is 14.8 Å². The molecule has 2 aromatic heterocycles. The van der Waals surface area contributed by atoms with Crippen LogP contribution in [0.5, 0.6) is 0 Å². The standard InChI is InChI=1S/C27H23N5O/c1-18-13-19(2)25(20(3)14-18)30-27(33)22(16-28)15-23-17-32(24-7-5-4-6-8-24)31-26(23)21-9-11-29-12-10-21/h4-15,17H,1-3H3,(H,30,33)/b22-15+. The summed E-state index contributed by atoms with van der Waals surface area (Å²) in [5.41, 5.74) is 6.78. The molecule has 33 heavy (non-hydrogen) atoms. The van der Waals surface area contributed by atoms with E-state index in [1.54, 1.807) is 23.2 Å². The molecular formula is C27H23N5O. The van der Waals surface area contributed by atoms with Gasteiger partial charge in [-0.15, -0.1) is 0 Å². The summed E-state index contributed by atoms with van der Waals surface area (Å²) in [7, 11) is 0. The van der Waals surface area contributed by atoms with Gasteiger partial charge in [-0.2, -0.15) is 10.4 Å². The van der Waals surface area contributed by atoms with Crippen molar-refractivity contribution in [1.29, 1.82) is 5.26 Å². The summed E-state index contributed by atoms with van der Waals surface area (Å²) in [4.78, 5) is 17.1. The third kappa shape index (κ3) is 4.73. The lowest BCUT2D eigenvalue weighted by atomic mass is 10.0. The molecule has 6 nitrogen and oxygen atoms in total. The highest BCUT2D eigenvalue weighted by molar-refractivity contribution is 6.10. The Balaban J connectivity index is 1.75. The molecular weight excluding hydrogens is 410 g/mol. The van der Waals surface area contributed by atoms with Crippen LogP contribution in [0.2, 0.25) is 0 Å². The Bertz CT molecular complexity index is 1360. The Labute approximate surface area is 192 Å². The molecule has 0 radical (unpaired) electrons. The molecule has 4 rings (SSSR count). The number of aromatic nitrogens is 3. The third-order valence-electron chi connectivity index (χ3n) is 5.30. The zero-order valence-electron chi connectivity index (χ0n) is 18.7. The average Bonchev–Trinajstić information content (AvgIpc) is 3.24. The van der Waals surface area contributed by atoms with E-state index in [9.17, 15) is 10.1 Å². The fraction of sp³-hybridized carbons (Fsp3) is 0.111. The highest BCUT2D eigenvalue weighted by Gasteiger charge is 2.16. The van der Waals surface area contributed by atoms with Gasteiger partial charge >= 0.3 is 0 Å². The van der Waals surface area contributed by atoms with Crippen LogP contribution in [0.3, 0.4) is 0 Å². The summed E-state index contributed by atoms with van der Waals surface area (Å²) in [6, 6.07) is 19.4. The van der Waals surface area contributed by atoms with E-state index in [-0.39, 0.29) is 5.57 Å². The first-order valence-electron chi connectivity index (χ1n) is 10.5. The van der Waals surface area contributed by atoms with Crippen molar-refractivity contribution in [2.24, 2.45) is 0 Å². The quantitative estimate of drug-likeness (QED) is 0.337. The van der Waals surface area contributed by atoms with Crippen molar-refractivity contribution in [3.8, 4) is 23.0 Å². The largest absolute Gasteiger partial charge is 0.321 e. The number of nitrogens with zero attached hydrogens (tertiary/aromatic N) is 4. The maximum absolute atomic E-state index is 13.0. The van der Waals surface area contributed by atoms with Crippen molar-refractivity contribution in [2.75, 3.05) is 5.32 Å². The predicted octanol–water partition coefficient (Wildman–Crippen LogP) is 5.41. The Morgan fingerprint density at radius 2 is 1.70 bits per heavy atom. The number of nitrogens with one attached hydrogen (secondary N) is 1. The number of benzene rings is 2. The van der Waals surface area contributed by atoms with E-state index in [0.717, 1.165) is 33.6 Å². The second-order valence-corrected chi connectivity index (χ2v) is 7.85. The molecule has 0 saturated carbocycles. The minimum absolute atomic E-state index is 0.00251. The maximum Gasteiger partial charge on any atom is 0.266 e. The molecule has 0 aliphatic heterocycles. The molecule has 0 aliphatic rings. The van der Waals surface area contributed by atoms with Gasteiger partial charge in [0, 0.05) is 35.4 Å². The molecule has 0 spiro atoms. The van der Waals surface area contributed by atoms with Gasteiger partial charge in [-0.1, -0.05) is 35.9 Å². The highest BCUT2D eigenvalue weighted by Crippen LogP contribution is 2.26. The molecule has 0 saturated heterocycles. The lowest BCUT2D eigenvalue weighted by Gasteiger charge is -2.12. The summed E-state index contributed by atoms with van der Waals surface area (Å²) >= 11 is 0. The van der Waals surface area contributed by atoms with Crippen LogP contribution in [0.1, 0.15) is 22.3 Å². The number of hydrogen-bond donors (Lipinski definition) is 1. The first-order chi connectivity index (χ1) is 16.0. The predicted molar refractivity (Wildman–Crippen MR) is 130 cm³/mol. The number of pyridine rings is 1. The Morgan fingerprint density at radius 3 is 2.33 bits per heavy atom. The van der Waals surface area contributed by atoms with E-state index in [4.69, 9.17) is 5.10 Å². The van der Waals surface area contributed by atoms with Gasteiger partial charge in [-0.3, -0.25) is 9.78 Å². The summed E-state index contributed by atoms with van der Waals surface area (Å²) in [6.07, 6.45) is 6.77. The summed E-state index contributed by atoms with van der Waals surface area (Å²) in [5, 5.41) is 17.4. The first-order valence-corrected chi connectivity index (χ1v) is 10.5. The minimum atomic E-state index is -0.458. The molecule has 162 valence electrons. The second-order valence-electron chi connectivity index (χ2n) is 7.85. The van der Waals surface area contributed by atoms with E-state index in [2.05, 4.69) is 10.3 Å². The molecule has 0 bridgehead atoms.